The van der Waals surface area contributed by atoms with Crippen molar-refractivity contribution in [2.75, 3.05) is 6.54 Å². The SMILES string of the molecule is Cc1cc(C)c(C(=O)N2[C@@H]3CC[C@H]2CC(CNC(=O)C=C2CCC2)C3)[nH]1. The molecule has 2 saturated heterocycles. The Morgan fingerprint density at radius 2 is 1.92 bits per heavy atom. The summed E-state index contributed by atoms with van der Waals surface area (Å²) in [6.07, 6.45) is 9.33. The Kier molecular flexibility index (Phi) is 4.63. The molecule has 4 rings (SSSR count). The molecule has 3 fully saturated rings. The van der Waals surface area contributed by atoms with Gasteiger partial charge < -0.3 is 15.2 Å². The van der Waals surface area contributed by atoms with Gasteiger partial charge in [0.1, 0.15) is 5.69 Å². The maximum Gasteiger partial charge on any atom is 0.271 e. The molecule has 3 atom stereocenters. The maximum atomic E-state index is 13.0. The Balaban J connectivity index is 1.36. The quantitative estimate of drug-likeness (QED) is 0.814. The number of nitrogens with one attached hydrogen (secondary N) is 2. The Bertz CT molecular complexity index is 728. The van der Waals surface area contributed by atoms with Gasteiger partial charge in [0, 0.05) is 30.4 Å². The zero-order valence-electron chi connectivity index (χ0n) is 15.8. The van der Waals surface area contributed by atoms with Crippen molar-refractivity contribution in [2.24, 2.45) is 5.92 Å². The summed E-state index contributed by atoms with van der Waals surface area (Å²) in [5.74, 6) is 0.690. The summed E-state index contributed by atoms with van der Waals surface area (Å²) in [5, 5.41) is 3.08. The van der Waals surface area contributed by atoms with Crippen molar-refractivity contribution in [3.63, 3.8) is 0 Å². The van der Waals surface area contributed by atoms with Crippen molar-refractivity contribution in [2.45, 2.75) is 70.9 Å². The minimum absolute atomic E-state index is 0.0584. The van der Waals surface area contributed by atoms with E-state index in [0.29, 0.717) is 18.0 Å². The van der Waals surface area contributed by atoms with E-state index in [1.165, 1.54) is 12.0 Å². The van der Waals surface area contributed by atoms with Crippen LogP contribution in [0, 0.1) is 19.8 Å². The molecule has 3 aliphatic rings. The molecule has 2 N–H and O–H groups in total. The summed E-state index contributed by atoms with van der Waals surface area (Å²) >= 11 is 0. The van der Waals surface area contributed by atoms with E-state index < -0.39 is 0 Å². The van der Waals surface area contributed by atoms with E-state index in [9.17, 15) is 9.59 Å². The van der Waals surface area contributed by atoms with E-state index in [-0.39, 0.29) is 11.8 Å². The average molecular weight is 355 g/mol. The van der Waals surface area contributed by atoms with Gasteiger partial charge in [-0.25, -0.2) is 0 Å². The second-order valence-electron chi connectivity index (χ2n) is 8.35. The summed E-state index contributed by atoms with van der Waals surface area (Å²) < 4.78 is 0. The predicted molar refractivity (Wildman–Crippen MR) is 101 cm³/mol. The first-order chi connectivity index (χ1) is 12.5. The average Bonchev–Trinajstić information content (AvgIpc) is 3.04. The first-order valence-corrected chi connectivity index (χ1v) is 9.97. The number of fused-ring (bicyclic) bond motifs is 2. The van der Waals surface area contributed by atoms with E-state index in [4.69, 9.17) is 0 Å². The van der Waals surface area contributed by atoms with E-state index >= 15 is 0 Å². The fourth-order valence-corrected chi connectivity index (χ4v) is 4.87. The van der Waals surface area contributed by atoms with Crippen LogP contribution in [0.1, 0.15) is 66.7 Å². The van der Waals surface area contributed by atoms with Crippen LogP contribution in [0.25, 0.3) is 0 Å². The van der Waals surface area contributed by atoms with Gasteiger partial charge in [0.15, 0.2) is 0 Å². The van der Waals surface area contributed by atoms with E-state index in [2.05, 4.69) is 15.2 Å². The van der Waals surface area contributed by atoms with Gasteiger partial charge in [-0.1, -0.05) is 5.57 Å². The molecule has 0 spiro atoms. The van der Waals surface area contributed by atoms with Gasteiger partial charge in [-0.2, -0.15) is 0 Å². The number of hydrogen-bond acceptors (Lipinski definition) is 2. The van der Waals surface area contributed by atoms with Crippen molar-refractivity contribution < 1.29 is 9.59 Å². The monoisotopic (exact) mass is 355 g/mol. The molecule has 0 aromatic carbocycles. The standard InChI is InChI=1S/C21H29N3O2/c1-13-8-14(2)23-20(13)21(26)24-17-6-7-18(24)10-16(9-17)12-22-19(25)11-15-4-3-5-15/h8,11,16-18,23H,3-7,9-10,12H2,1-2H3,(H,22,25)/t16?,17-,18+. The number of carbonyl (C=O) groups excluding carboxylic acids is 2. The zero-order chi connectivity index (χ0) is 18.3. The number of amides is 2. The Labute approximate surface area is 155 Å². The van der Waals surface area contributed by atoms with Gasteiger partial charge in [-0.3, -0.25) is 9.59 Å². The minimum Gasteiger partial charge on any atom is -0.354 e. The number of piperidine rings is 1. The Hall–Kier alpha value is -2.04. The molecule has 2 amide bonds. The first kappa shape index (κ1) is 17.4. The lowest BCUT2D eigenvalue weighted by molar-refractivity contribution is -0.116. The normalized spacial score (nSPS) is 27.2. The molecule has 1 aromatic rings. The molecule has 2 bridgehead atoms. The van der Waals surface area contributed by atoms with Crippen LogP contribution in [-0.4, -0.2) is 40.3 Å². The largest absolute Gasteiger partial charge is 0.354 e. The molecule has 3 heterocycles. The molecule has 5 heteroatoms. The Morgan fingerprint density at radius 3 is 2.46 bits per heavy atom. The highest BCUT2D eigenvalue weighted by Gasteiger charge is 2.43. The molecule has 2 aliphatic heterocycles. The van der Waals surface area contributed by atoms with Crippen LogP contribution in [0.4, 0.5) is 0 Å². The number of aromatic nitrogens is 1. The van der Waals surface area contributed by atoms with Gasteiger partial charge in [-0.15, -0.1) is 0 Å². The summed E-state index contributed by atoms with van der Waals surface area (Å²) in [6.45, 7) is 4.72. The minimum atomic E-state index is 0.0584. The molecule has 26 heavy (non-hydrogen) atoms. The van der Waals surface area contributed by atoms with Gasteiger partial charge >= 0.3 is 0 Å². The molecular weight excluding hydrogens is 326 g/mol. The lowest BCUT2D eigenvalue weighted by Gasteiger charge is -2.39. The van der Waals surface area contributed by atoms with Gasteiger partial charge in [-0.05, 0) is 76.3 Å². The van der Waals surface area contributed by atoms with E-state index in [1.807, 2.05) is 19.9 Å². The van der Waals surface area contributed by atoms with Crippen LogP contribution in [0.15, 0.2) is 17.7 Å². The molecule has 1 saturated carbocycles. The molecule has 1 aliphatic carbocycles. The van der Waals surface area contributed by atoms with E-state index in [0.717, 1.165) is 62.0 Å². The molecule has 5 nitrogen and oxygen atoms in total. The number of nitrogens with zero attached hydrogens (tertiary/aromatic N) is 1. The molecular formula is C21H29N3O2. The highest BCUT2D eigenvalue weighted by atomic mass is 16.2. The topological polar surface area (TPSA) is 65.2 Å². The number of rotatable bonds is 4. The lowest BCUT2D eigenvalue weighted by atomic mass is 9.90. The smallest absolute Gasteiger partial charge is 0.271 e. The predicted octanol–water partition coefficient (Wildman–Crippen LogP) is 3.24. The molecule has 1 unspecified atom stereocenters. The van der Waals surface area contributed by atoms with E-state index in [1.54, 1.807) is 6.08 Å². The van der Waals surface area contributed by atoms with Crippen LogP contribution in [0.5, 0.6) is 0 Å². The summed E-state index contributed by atoms with van der Waals surface area (Å²) in [4.78, 5) is 30.4. The zero-order valence-corrected chi connectivity index (χ0v) is 15.8. The van der Waals surface area contributed by atoms with Crippen molar-refractivity contribution in [1.29, 1.82) is 0 Å². The summed E-state index contributed by atoms with van der Waals surface area (Å²) in [6, 6.07) is 2.67. The summed E-state index contributed by atoms with van der Waals surface area (Å²) in [5.41, 5.74) is 4.10. The number of allylic oxidation sites excluding steroid dienone is 1. The fraction of sp³-hybridized carbons (Fsp3) is 0.619. The van der Waals surface area contributed by atoms with Crippen molar-refractivity contribution in [3.05, 3.63) is 34.7 Å². The number of aromatic amines is 1. The van der Waals surface area contributed by atoms with Crippen LogP contribution >= 0.6 is 0 Å². The van der Waals surface area contributed by atoms with Crippen LogP contribution in [-0.2, 0) is 4.79 Å². The highest BCUT2D eigenvalue weighted by molar-refractivity contribution is 5.94. The molecule has 1 aromatic heterocycles. The number of hydrogen-bond donors (Lipinski definition) is 2. The summed E-state index contributed by atoms with van der Waals surface area (Å²) in [7, 11) is 0. The maximum absolute atomic E-state index is 13.0. The second kappa shape index (κ2) is 6.93. The fourth-order valence-electron chi connectivity index (χ4n) is 4.87. The van der Waals surface area contributed by atoms with Crippen molar-refractivity contribution in [1.82, 2.24) is 15.2 Å². The first-order valence-electron chi connectivity index (χ1n) is 9.97. The van der Waals surface area contributed by atoms with Gasteiger partial charge in [0.05, 0.1) is 0 Å². The highest BCUT2D eigenvalue weighted by Crippen LogP contribution is 2.39. The second-order valence-corrected chi connectivity index (χ2v) is 8.35. The number of aryl methyl sites for hydroxylation is 2. The molecule has 140 valence electrons. The third-order valence-electron chi connectivity index (χ3n) is 6.32. The van der Waals surface area contributed by atoms with Crippen LogP contribution in [0.2, 0.25) is 0 Å². The lowest BCUT2D eigenvalue weighted by Crippen LogP contribution is -2.48. The number of H-pyrrole nitrogens is 1. The third kappa shape index (κ3) is 3.31. The van der Waals surface area contributed by atoms with Crippen LogP contribution < -0.4 is 5.32 Å². The van der Waals surface area contributed by atoms with Gasteiger partial charge in [0.2, 0.25) is 5.91 Å². The van der Waals surface area contributed by atoms with Gasteiger partial charge in [0.25, 0.3) is 5.91 Å². The van der Waals surface area contributed by atoms with Crippen molar-refractivity contribution in [3.8, 4) is 0 Å². The Morgan fingerprint density at radius 1 is 1.23 bits per heavy atom. The van der Waals surface area contributed by atoms with Crippen molar-refractivity contribution >= 4 is 11.8 Å². The third-order valence-corrected chi connectivity index (χ3v) is 6.32. The van der Waals surface area contributed by atoms with Crippen LogP contribution in [0.3, 0.4) is 0 Å². The number of carbonyl (C=O) groups is 2. The molecule has 0 radical (unpaired) electrons.